The number of nitrogens with one attached hydrogen (secondary N) is 2. The molecule has 0 fully saturated rings. The number of halogens is 1. The number of anilines is 1. The summed E-state index contributed by atoms with van der Waals surface area (Å²) in [6.45, 7) is 0.815. The van der Waals surface area contributed by atoms with E-state index in [0.717, 1.165) is 28.6 Å². The molecule has 3 aromatic rings. The molecule has 1 aromatic heterocycles. The fourth-order valence-electron chi connectivity index (χ4n) is 3.12. The van der Waals surface area contributed by atoms with Crippen LogP contribution in [-0.2, 0) is 15.3 Å². The van der Waals surface area contributed by atoms with Crippen LogP contribution in [0, 0.1) is 0 Å². The van der Waals surface area contributed by atoms with Gasteiger partial charge < -0.3 is 15.5 Å². The van der Waals surface area contributed by atoms with Crippen molar-refractivity contribution < 1.29 is 9.59 Å². The van der Waals surface area contributed by atoms with E-state index in [0.29, 0.717) is 10.2 Å². The second-order valence-electron chi connectivity index (χ2n) is 7.96. The maximum absolute atomic E-state index is 12.6. The van der Waals surface area contributed by atoms with Gasteiger partial charge in [-0.1, -0.05) is 77.2 Å². The Labute approximate surface area is 213 Å². The molecule has 0 saturated heterocycles. The van der Waals surface area contributed by atoms with E-state index in [4.69, 9.17) is 11.6 Å². The molecule has 1 heterocycles. The molecular formula is C24H28ClN5O2S2. The van der Waals surface area contributed by atoms with Gasteiger partial charge >= 0.3 is 0 Å². The number of carbonyl (C=O) groups is 2. The lowest BCUT2D eigenvalue weighted by Crippen LogP contribution is -2.31. The molecule has 1 unspecified atom stereocenters. The number of benzene rings is 2. The number of nitrogens with zero attached hydrogens (tertiary/aromatic N) is 3. The van der Waals surface area contributed by atoms with E-state index in [2.05, 4.69) is 37.9 Å². The third kappa shape index (κ3) is 9.06. The first kappa shape index (κ1) is 26.2. The van der Waals surface area contributed by atoms with Crippen molar-refractivity contribution in [2.24, 2.45) is 0 Å². The topological polar surface area (TPSA) is 87.2 Å². The van der Waals surface area contributed by atoms with Crippen molar-refractivity contribution >= 4 is 51.6 Å². The van der Waals surface area contributed by atoms with E-state index in [-0.39, 0.29) is 30.7 Å². The summed E-state index contributed by atoms with van der Waals surface area (Å²) in [7, 11) is 3.98. The molecule has 3 rings (SSSR count). The average molecular weight is 518 g/mol. The molecule has 0 saturated carbocycles. The number of carbonyl (C=O) groups excluding carboxylic acids is 2. The van der Waals surface area contributed by atoms with Crippen molar-refractivity contribution in [3.8, 4) is 0 Å². The van der Waals surface area contributed by atoms with Crippen LogP contribution in [0.25, 0.3) is 0 Å². The molecule has 2 N–H and O–H groups in total. The summed E-state index contributed by atoms with van der Waals surface area (Å²) in [6.07, 6.45) is 0.909. The van der Waals surface area contributed by atoms with Crippen molar-refractivity contribution in [3.05, 3.63) is 70.7 Å². The molecule has 2 aromatic carbocycles. The average Bonchev–Trinajstić information content (AvgIpc) is 3.27. The molecule has 1 atom stereocenters. The smallest absolute Gasteiger partial charge is 0.226 e. The zero-order chi connectivity index (χ0) is 24.3. The lowest BCUT2D eigenvalue weighted by atomic mass is 10.0. The Hall–Kier alpha value is -2.46. The summed E-state index contributed by atoms with van der Waals surface area (Å²) in [6, 6.07) is 17.4. The van der Waals surface area contributed by atoms with Gasteiger partial charge in [-0.15, -0.1) is 10.2 Å². The number of hydrogen-bond acceptors (Lipinski definition) is 7. The first-order valence-electron chi connectivity index (χ1n) is 10.9. The molecule has 7 nitrogen and oxygen atoms in total. The van der Waals surface area contributed by atoms with Crippen molar-refractivity contribution in [2.75, 3.05) is 26.0 Å². The highest BCUT2D eigenvalue weighted by atomic mass is 35.5. The van der Waals surface area contributed by atoms with Crippen LogP contribution < -0.4 is 10.6 Å². The SMILES string of the molecule is CN(C)CCC(NC(=O)CCC(=O)Nc1nnc(SCc2ccccc2)s1)c1ccc(Cl)cc1. The molecule has 0 aliphatic carbocycles. The largest absolute Gasteiger partial charge is 0.349 e. The molecule has 0 bridgehead atoms. The molecule has 0 spiro atoms. The zero-order valence-corrected chi connectivity index (χ0v) is 21.6. The highest BCUT2D eigenvalue weighted by Crippen LogP contribution is 2.28. The highest BCUT2D eigenvalue weighted by molar-refractivity contribution is 8.00. The van der Waals surface area contributed by atoms with Gasteiger partial charge in [0, 0.05) is 23.6 Å². The Morgan fingerprint density at radius 1 is 1.03 bits per heavy atom. The molecule has 0 aliphatic heterocycles. The Morgan fingerprint density at radius 2 is 1.74 bits per heavy atom. The second kappa shape index (κ2) is 13.4. The van der Waals surface area contributed by atoms with Gasteiger partial charge in [0.05, 0.1) is 6.04 Å². The van der Waals surface area contributed by atoms with Crippen LogP contribution in [0.1, 0.15) is 36.4 Å². The Morgan fingerprint density at radius 3 is 2.44 bits per heavy atom. The third-order valence-corrected chi connectivity index (χ3v) is 7.20. The Bertz CT molecular complexity index is 1060. The van der Waals surface area contributed by atoms with Crippen molar-refractivity contribution in [1.82, 2.24) is 20.4 Å². The maximum Gasteiger partial charge on any atom is 0.226 e. The van der Waals surface area contributed by atoms with E-state index < -0.39 is 0 Å². The van der Waals surface area contributed by atoms with Gasteiger partial charge in [-0.3, -0.25) is 9.59 Å². The van der Waals surface area contributed by atoms with E-state index in [9.17, 15) is 9.59 Å². The van der Waals surface area contributed by atoms with Crippen LogP contribution in [-0.4, -0.2) is 47.6 Å². The molecule has 0 radical (unpaired) electrons. The molecular weight excluding hydrogens is 490 g/mol. The van der Waals surface area contributed by atoms with Crippen LogP contribution in [0.4, 0.5) is 5.13 Å². The van der Waals surface area contributed by atoms with E-state index in [1.165, 1.54) is 16.9 Å². The standard InChI is InChI=1S/C24H28ClN5O2S2/c1-30(2)15-14-20(18-8-10-19(25)11-9-18)26-21(31)12-13-22(32)27-23-28-29-24(34-23)33-16-17-6-4-3-5-7-17/h3-11,20H,12-16H2,1-2H3,(H,26,31)(H,27,28,32). The molecule has 0 aliphatic rings. The first-order chi connectivity index (χ1) is 16.4. The predicted molar refractivity (Wildman–Crippen MR) is 139 cm³/mol. The fraction of sp³-hybridized carbons (Fsp3) is 0.333. The summed E-state index contributed by atoms with van der Waals surface area (Å²) in [4.78, 5) is 27.0. The first-order valence-corrected chi connectivity index (χ1v) is 13.1. The number of amides is 2. The summed E-state index contributed by atoms with van der Waals surface area (Å²) in [5, 5.41) is 15.0. The molecule has 2 amide bonds. The predicted octanol–water partition coefficient (Wildman–Crippen LogP) is 5.01. The van der Waals surface area contributed by atoms with Gasteiger partial charge in [0.15, 0.2) is 4.34 Å². The minimum absolute atomic E-state index is 0.0684. The maximum atomic E-state index is 12.6. The summed E-state index contributed by atoms with van der Waals surface area (Å²) in [5.41, 5.74) is 2.18. The monoisotopic (exact) mass is 517 g/mol. The van der Waals surface area contributed by atoms with Crippen molar-refractivity contribution in [3.63, 3.8) is 0 Å². The van der Waals surface area contributed by atoms with Crippen molar-refractivity contribution in [1.29, 1.82) is 0 Å². The Kier molecular flexibility index (Phi) is 10.3. The zero-order valence-electron chi connectivity index (χ0n) is 19.2. The molecule has 34 heavy (non-hydrogen) atoms. The van der Waals surface area contributed by atoms with Crippen LogP contribution in [0.15, 0.2) is 58.9 Å². The minimum atomic E-state index is -0.262. The number of thioether (sulfide) groups is 1. The molecule has 10 heteroatoms. The van der Waals surface area contributed by atoms with Gasteiger partial charge in [-0.05, 0) is 50.3 Å². The van der Waals surface area contributed by atoms with Crippen LogP contribution in [0.3, 0.4) is 0 Å². The second-order valence-corrected chi connectivity index (χ2v) is 10.6. The van der Waals surface area contributed by atoms with Crippen LogP contribution in [0.5, 0.6) is 0 Å². The fourth-order valence-corrected chi connectivity index (χ4v) is 4.97. The quantitative estimate of drug-likeness (QED) is 0.259. The van der Waals surface area contributed by atoms with Gasteiger partial charge in [0.1, 0.15) is 0 Å². The van der Waals surface area contributed by atoms with Gasteiger partial charge in [-0.2, -0.15) is 0 Å². The lowest BCUT2D eigenvalue weighted by Gasteiger charge is -2.21. The van der Waals surface area contributed by atoms with Gasteiger partial charge in [0.2, 0.25) is 16.9 Å². The number of aromatic nitrogens is 2. The summed E-state index contributed by atoms with van der Waals surface area (Å²) < 4.78 is 0.781. The minimum Gasteiger partial charge on any atom is -0.349 e. The highest BCUT2D eigenvalue weighted by Gasteiger charge is 2.17. The van der Waals surface area contributed by atoms with Gasteiger partial charge in [0.25, 0.3) is 0 Å². The third-order valence-electron chi connectivity index (χ3n) is 4.91. The van der Waals surface area contributed by atoms with Crippen LogP contribution >= 0.6 is 34.7 Å². The lowest BCUT2D eigenvalue weighted by molar-refractivity contribution is -0.125. The van der Waals surface area contributed by atoms with E-state index in [1.54, 1.807) is 11.8 Å². The van der Waals surface area contributed by atoms with E-state index in [1.807, 2.05) is 56.6 Å². The van der Waals surface area contributed by atoms with E-state index >= 15 is 0 Å². The van der Waals surface area contributed by atoms with Gasteiger partial charge in [-0.25, -0.2) is 0 Å². The Balaban J connectivity index is 1.45. The normalized spacial score (nSPS) is 11.9. The number of rotatable bonds is 12. The number of hydrogen-bond donors (Lipinski definition) is 2. The summed E-state index contributed by atoms with van der Waals surface area (Å²) in [5.74, 6) is 0.346. The van der Waals surface area contributed by atoms with Crippen LogP contribution in [0.2, 0.25) is 5.02 Å². The summed E-state index contributed by atoms with van der Waals surface area (Å²) >= 11 is 8.89. The molecule has 180 valence electrons. The van der Waals surface area contributed by atoms with Crippen molar-refractivity contribution in [2.45, 2.75) is 35.4 Å².